The highest BCUT2D eigenvalue weighted by molar-refractivity contribution is 7.92. The van der Waals surface area contributed by atoms with Crippen LogP contribution in [0.15, 0.2) is 102 Å². The molecule has 0 aliphatic carbocycles. The number of ether oxygens (including phenoxy) is 2. The highest BCUT2D eigenvalue weighted by Gasteiger charge is 2.25. The Kier molecular flexibility index (Phi) is 9.19. The monoisotopic (exact) mass is 573 g/mol. The summed E-state index contributed by atoms with van der Waals surface area (Å²) in [7, 11) is 3.08. The van der Waals surface area contributed by atoms with Crippen LogP contribution < -0.4 is 19.1 Å². The summed E-state index contributed by atoms with van der Waals surface area (Å²) in [5, 5.41) is 0. The number of carbonyl (C=O) groups excluding carboxylic acids is 1. The van der Waals surface area contributed by atoms with E-state index < -0.39 is 10.0 Å². The number of amides is 1. The Hall–Kier alpha value is -4.50. The van der Waals surface area contributed by atoms with Crippen molar-refractivity contribution in [3.8, 4) is 11.5 Å². The summed E-state index contributed by atoms with van der Waals surface area (Å²) in [5.41, 5.74) is 3.55. The maximum Gasteiger partial charge on any atom is 0.261 e. The van der Waals surface area contributed by atoms with E-state index in [4.69, 9.17) is 9.47 Å². The zero-order valence-corrected chi connectivity index (χ0v) is 24.7. The molecular formula is C32H35N3O5S. The summed E-state index contributed by atoms with van der Waals surface area (Å²) in [6, 6.07) is 28.1. The molecule has 0 saturated heterocycles. The predicted octanol–water partition coefficient (Wildman–Crippen LogP) is 5.97. The van der Waals surface area contributed by atoms with Crippen molar-refractivity contribution in [1.82, 2.24) is 4.90 Å². The Morgan fingerprint density at radius 1 is 0.829 bits per heavy atom. The van der Waals surface area contributed by atoms with Gasteiger partial charge in [-0.05, 0) is 84.8 Å². The molecule has 0 aliphatic heterocycles. The molecule has 0 aromatic heterocycles. The minimum atomic E-state index is -3.85. The first-order chi connectivity index (χ1) is 19.6. The Bertz CT molecular complexity index is 1570. The number of nitrogens with zero attached hydrogens (tertiary/aromatic N) is 2. The molecular weight excluding hydrogens is 538 g/mol. The number of hydrogen-bond acceptors (Lipinski definition) is 6. The molecule has 0 radical (unpaired) electrons. The third-order valence-electron chi connectivity index (χ3n) is 6.87. The molecule has 0 unspecified atom stereocenters. The summed E-state index contributed by atoms with van der Waals surface area (Å²) < 4.78 is 39.4. The average molecular weight is 574 g/mol. The lowest BCUT2D eigenvalue weighted by Crippen LogP contribution is -2.33. The van der Waals surface area contributed by atoms with E-state index in [1.807, 2.05) is 62.3 Å². The van der Waals surface area contributed by atoms with Gasteiger partial charge in [0.15, 0.2) is 0 Å². The van der Waals surface area contributed by atoms with Crippen LogP contribution in [-0.2, 0) is 16.6 Å². The highest BCUT2D eigenvalue weighted by Crippen LogP contribution is 2.31. The molecule has 0 aliphatic rings. The van der Waals surface area contributed by atoms with Gasteiger partial charge in [-0.2, -0.15) is 0 Å². The summed E-state index contributed by atoms with van der Waals surface area (Å²) in [5.74, 6) is 1.07. The van der Waals surface area contributed by atoms with Crippen LogP contribution in [0.5, 0.6) is 11.5 Å². The van der Waals surface area contributed by atoms with Crippen LogP contribution in [0.3, 0.4) is 0 Å². The number of rotatable bonds is 11. The minimum Gasteiger partial charge on any atom is -0.497 e. The van der Waals surface area contributed by atoms with Gasteiger partial charge in [0.05, 0.1) is 25.2 Å². The molecule has 0 bridgehead atoms. The van der Waals surface area contributed by atoms with E-state index in [0.717, 1.165) is 16.8 Å². The first-order valence-corrected chi connectivity index (χ1v) is 14.6. The molecule has 41 heavy (non-hydrogen) atoms. The lowest BCUT2D eigenvalue weighted by Gasteiger charge is -2.32. The fourth-order valence-electron chi connectivity index (χ4n) is 4.56. The van der Waals surface area contributed by atoms with Gasteiger partial charge in [0, 0.05) is 37.6 Å². The molecule has 1 amide bonds. The van der Waals surface area contributed by atoms with E-state index in [1.54, 1.807) is 60.5 Å². The van der Waals surface area contributed by atoms with E-state index >= 15 is 0 Å². The molecule has 4 aromatic carbocycles. The first-order valence-electron chi connectivity index (χ1n) is 13.1. The predicted molar refractivity (Wildman–Crippen MR) is 162 cm³/mol. The SMILES string of the molecule is COc1ccc(C(=O)N(Cc2cc(NS(=O)(=O)c3ccc(OC)cc3)ccc2N(C)C)[C@@H](C)c2ccccc2)cc1. The van der Waals surface area contributed by atoms with Crippen molar-refractivity contribution >= 4 is 27.3 Å². The fraction of sp³-hybridized carbons (Fsp3) is 0.219. The Morgan fingerprint density at radius 3 is 1.98 bits per heavy atom. The molecule has 1 atom stereocenters. The van der Waals surface area contributed by atoms with Gasteiger partial charge in [-0.3, -0.25) is 9.52 Å². The van der Waals surface area contributed by atoms with Gasteiger partial charge in [0.1, 0.15) is 11.5 Å². The van der Waals surface area contributed by atoms with Crippen LogP contribution >= 0.6 is 0 Å². The van der Waals surface area contributed by atoms with Gasteiger partial charge in [0.25, 0.3) is 15.9 Å². The van der Waals surface area contributed by atoms with Crippen LogP contribution in [-0.4, -0.2) is 47.5 Å². The fourth-order valence-corrected chi connectivity index (χ4v) is 5.61. The number of benzene rings is 4. The Labute approximate surface area is 242 Å². The molecule has 4 aromatic rings. The number of sulfonamides is 1. The molecule has 0 spiro atoms. The van der Waals surface area contributed by atoms with Crippen LogP contribution in [0, 0.1) is 0 Å². The Morgan fingerprint density at radius 2 is 1.41 bits per heavy atom. The first kappa shape index (κ1) is 29.5. The normalized spacial score (nSPS) is 11.8. The number of hydrogen-bond donors (Lipinski definition) is 1. The summed E-state index contributed by atoms with van der Waals surface area (Å²) >= 11 is 0. The van der Waals surface area contributed by atoms with Crippen molar-refractivity contribution in [1.29, 1.82) is 0 Å². The van der Waals surface area contributed by atoms with Gasteiger partial charge in [-0.25, -0.2) is 8.42 Å². The number of anilines is 2. The summed E-state index contributed by atoms with van der Waals surface area (Å²) in [6.45, 7) is 2.23. The lowest BCUT2D eigenvalue weighted by molar-refractivity contribution is 0.0674. The van der Waals surface area contributed by atoms with Gasteiger partial charge in [-0.15, -0.1) is 0 Å². The molecule has 0 heterocycles. The van der Waals surface area contributed by atoms with Crippen molar-refractivity contribution in [2.45, 2.75) is 24.4 Å². The van der Waals surface area contributed by atoms with Gasteiger partial charge in [-0.1, -0.05) is 30.3 Å². The Balaban J connectivity index is 1.71. The second kappa shape index (κ2) is 12.8. The van der Waals surface area contributed by atoms with E-state index in [9.17, 15) is 13.2 Å². The maximum atomic E-state index is 13.9. The zero-order valence-electron chi connectivity index (χ0n) is 23.9. The van der Waals surface area contributed by atoms with E-state index in [1.165, 1.54) is 19.2 Å². The van der Waals surface area contributed by atoms with E-state index in [2.05, 4.69) is 4.72 Å². The van der Waals surface area contributed by atoms with Crippen molar-refractivity contribution in [2.75, 3.05) is 37.9 Å². The number of nitrogens with one attached hydrogen (secondary N) is 1. The topological polar surface area (TPSA) is 88.2 Å². The molecule has 1 N–H and O–H groups in total. The van der Waals surface area contributed by atoms with Gasteiger partial charge >= 0.3 is 0 Å². The molecule has 4 rings (SSSR count). The van der Waals surface area contributed by atoms with Crippen LogP contribution in [0.2, 0.25) is 0 Å². The maximum absolute atomic E-state index is 13.9. The third-order valence-corrected chi connectivity index (χ3v) is 8.27. The highest BCUT2D eigenvalue weighted by atomic mass is 32.2. The largest absolute Gasteiger partial charge is 0.497 e. The van der Waals surface area contributed by atoms with Gasteiger partial charge in [0.2, 0.25) is 0 Å². The van der Waals surface area contributed by atoms with Crippen molar-refractivity contribution in [3.05, 3.63) is 114 Å². The third kappa shape index (κ3) is 6.99. The minimum absolute atomic E-state index is 0.116. The van der Waals surface area contributed by atoms with E-state index in [-0.39, 0.29) is 23.4 Å². The standard InChI is InChI=1S/C32H35N3O5S/c1-23(24-9-7-6-8-10-24)35(32(36)25-11-14-28(39-4)15-12-25)22-26-21-27(13-20-31(26)34(2)3)33-41(37,38)30-18-16-29(40-5)17-19-30/h6-21,23,33H,22H2,1-5H3/t23-/m0/s1. The molecule has 0 fully saturated rings. The van der Waals surface area contributed by atoms with Crippen molar-refractivity contribution < 1.29 is 22.7 Å². The molecule has 9 heteroatoms. The van der Waals surface area contributed by atoms with Gasteiger partial charge < -0.3 is 19.3 Å². The molecule has 214 valence electrons. The van der Waals surface area contributed by atoms with Crippen LogP contribution in [0.4, 0.5) is 11.4 Å². The van der Waals surface area contributed by atoms with Crippen molar-refractivity contribution in [2.24, 2.45) is 0 Å². The lowest BCUT2D eigenvalue weighted by atomic mass is 10.0. The summed E-state index contributed by atoms with van der Waals surface area (Å²) in [6.07, 6.45) is 0. The second-order valence-corrected chi connectivity index (χ2v) is 11.4. The quantitative estimate of drug-likeness (QED) is 0.238. The second-order valence-electron chi connectivity index (χ2n) is 9.77. The smallest absolute Gasteiger partial charge is 0.261 e. The van der Waals surface area contributed by atoms with Crippen LogP contribution in [0.25, 0.3) is 0 Å². The van der Waals surface area contributed by atoms with E-state index in [0.29, 0.717) is 22.7 Å². The number of carbonyl (C=O) groups is 1. The molecule has 0 saturated carbocycles. The zero-order chi connectivity index (χ0) is 29.6. The molecule has 8 nitrogen and oxygen atoms in total. The number of methoxy groups -OCH3 is 2. The average Bonchev–Trinajstić information content (AvgIpc) is 2.99. The van der Waals surface area contributed by atoms with Crippen LogP contribution in [0.1, 0.15) is 34.5 Å². The van der Waals surface area contributed by atoms with Crippen molar-refractivity contribution in [3.63, 3.8) is 0 Å². The summed E-state index contributed by atoms with van der Waals surface area (Å²) in [4.78, 5) is 17.8.